The Morgan fingerprint density at radius 3 is 2.14 bits per heavy atom. The average Bonchev–Trinajstić information content (AvgIpc) is 2.49. The third-order valence-corrected chi connectivity index (χ3v) is 2.91. The molecule has 0 aliphatic rings. The number of hydrogen-bond donors (Lipinski definition) is 1. The molecular weight excluding hydrogens is 268 g/mol. The Morgan fingerprint density at radius 1 is 1.00 bits per heavy atom. The molecule has 1 unspecified atom stereocenters. The first kappa shape index (κ1) is 14.9. The van der Waals surface area contributed by atoms with Crippen LogP contribution in [0.2, 0.25) is 0 Å². The topological polar surface area (TPSA) is 55.8 Å². The summed E-state index contributed by atoms with van der Waals surface area (Å²) in [6.07, 6.45) is 0.430. The molecule has 2 rings (SSSR count). The van der Waals surface area contributed by atoms with Crippen molar-refractivity contribution in [2.45, 2.75) is 25.9 Å². The molecule has 4 heteroatoms. The molecule has 0 aromatic heterocycles. The van der Waals surface area contributed by atoms with Crippen molar-refractivity contribution in [2.24, 2.45) is 0 Å². The molecule has 110 valence electrons. The zero-order chi connectivity index (χ0) is 15.1. The van der Waals surface area contributed by atoms with Crippen molar-refractivity contribution >= 4 is 5.97 Å². The maximum Gasteiger partial charge on any atom is 0.344 e. The summed E-state index contributed by atoms with van der Waals surface area (Å²) < 4.78 is 11.1. The molecule has 0 aliphatic carbocycles. The molecule has 2 aromatic rings. The van der Waals surface area contributed by atoms with Crippen LogP contribution in [0.1, 0.15) is 19.8 Å². The lowest BCUT2D eigenvalue weighted by Gasteiger charge is -2.14. The van der Waals surface area contributed by atoms with Gasteiger partial charge >= 0.3 is 5.97 Å². The van der Waals surface area contributed by atoms with Gasteiger partial charge in [-0.2, -0.15) is 0 Å². The Balaban J connectivity index is 2.00. The molecule has 0 radical (unpaired) electrons. The predicted octanol–water partition coefficient (Wildman–Crippen LogP) is 4.11. The van der Waals surface area contributed by atoms with Crippen LogP contribution in [0.25, 0.3) is 0 Å². The molecule has 0 amide bonds. The van der Waals surface area contributed by atoms with E-state index in [9.17, 15) is 4.79 Å². The monoisotopic (exact) mass is 286 g/mol. The van der Waals surface area contributed by atoms with Crippen molar-refractivity contribution in [2.75, 3.05) is 0 Å². The van der Waals surface area contributed by atoms with E-state index in [1.54, 1.807) is 24.3 Å². The number of carbonyl (C=O) groups is 1. The second-order valence-corrected chi connectivity index (χ2v) is 4.62. The van der Waals surface area contributed by atoms with Crippen molar-refractivity contribution in [1.82, 2.24) is 0 Å². The molecule has 0 saturated heterocycles. The SMILES string of the molecule is CCCC(Oc1ccc(Oc2ccccc2)cc1)C(=O)O. The number of carboxylic acid groups (broad SMARTS) is 1. The smallest absolute Gasteiger partial charge is 0.344 e. The molecule has 1 atom stereocenters. The first-order chi connectivity index (χ1) is 10.2. The Hall–Kier alpha value is -2.49. The normalized spacial score (nSPS) is 11.7. The van der Waals surface area contributed by atoms with Gasteiger partial charge in [0.25, 0.3) is 0 Å². The van der Waals surface area contributed by atoms with Gasteiger partial charge in [-0.15, -0.1) is 0 Å². The van der Waals surface area contributed by atoms with E-state index in [0.29, 0.717) is 17.9 Å². The first-order valence-electron chi connectivity index (χ1n) is 6.91. The van der Waals surface area contributed by atoms with Crippen LogP contribution in [-0.4, -0.2) is 17.2 Å². The van der Waals surface area contributed by atoms with Crippen LogP contribution >= 0.6 is 0 Å². The highest BCUT2D eigenvalue weighted by molar-refractivity contribution is 5.72. The van der Waals surface area contributed by atoms with Gasteiger partial charge in [-0.25, -0.2) is 4.79 Å². The number of para-hydroxylation sites is 1. The average molecular weight is 286 g/mol. The zero-order valence-electron chi connectivity index (χ0n) is 11.9. The maximum atomic E-state index is 11.1. The van der Waals surface area contributed by atoms with Gasteiger partial charge in [0, 0.05) is 0 Å². The highest BCUT2D eigenvalue weighted by Crippen LogP contribution is 2.24. The molecule has 0 fully saturated rings. The minimum absolute atomic E-state index is 0.484. The fourth-order valence-electron chi connectivity index (χ4n) is 1.87. The number of aliphatic carboxylic acids is 1. The summed E-state index contributed by atoms with van der Waals surface area (Å²) in [5.41, 5.74) is 0. The summed E-state index contributed by atoms with van der Waals surface area (Å²) in [5.74, 6) is 1.01. The number of hydrogen-bond acceptors (Lipinski definition) is 3. The van der Waals surface area contributed by atoms with Crippen LogP contribution in [-0.2, 0) is 4.79 Å². The molecule has 0 saturated carbocycles. The lowest BCUT2D eigenvalue weighted by Crippen LogP contribution is -2.26. The van der Waals surface area contributed by atoms with Crippen LogP contribution in [0.5, 0.6) is 17.2 Å². The maximum absolute atomic E-state index is 11.1. The molecule has 4 nitrogen and oxygen atoms in total. The Bertz CT molecular complexity index is 563. The number of carboxylic acids is 1. The van der Waals surface area contributed by atoms with E-state index in [1.165, 1.54) is 0 Å². The number of rotatable bonds is 7. The summed E-state index contributed by atoms with van der Waals surface area (Å²) in [7, 11) is 0. The van der Waals surface area contributed by atoms with Gasteiger partial charge in [0.05, 0.1) is 0 Å². The van der Waals surface area contributed by atoms with Crippen LogP contribution in [0, 0.1) is 0 Å². The summed E-state index contributed by atoms with van der Waals surface area (Å²) in [6.45, 7) is 1.93. The van der Waals surface area contributed by atoms with Crippen LogP contribution < -0.4 is 9.47 Å². The van der Waals surface area contributed by atoms with Gasteiger partial charge in [0.2, 0.25) is 0 Å². The molecule has 2 aromatic carbocycles. The number of ether oxygens (including phenoxy) is 2. The lowest BCUT2D eigenvalue weighted by atomic mass is 10.2. The minimum Gasteiger partial charge on any atom is -0.479 e. The summed E-state index contributed by atoms with van der Waals surface area (Å²) in [4.78, 5) is 11.1. The van der Waals surface area contributed by atoms with E-state index in [4.69, 9.17) is 14.6 Å². The highest BCUT2D eigenvalue weighted by Gasteiger charge is 2.17. The third kappa shape index (κ3) is 4.53. The number of benzene rings is 2. The summed E-state index contributed by atoms with van der Waals surface area (Å²) in [6, 6.07) is 16.4. The molecule has 0 heterocycles. The van der Waals surface area contributed by atoms with E-state index in [-0.39, 0.29) is 0 Å². The van der Waals surface area contributed by atoms with Crippen molar-refractivity contribution < 1.29 is 19.4 Å². The molecule has 0 aliphatic heterocycles. The van der Waals surface area contributed by atoms with Gasteiger partial charge < -0.3 is 14.6 Å². The standard InChI is InChI=1S/C17H18O4/c1-2-6-16(17(18)19)21-15-11-9-14(10-12-15)20-13-7-4-3-5-8-13/h3-5,7-12,16H,2,6H2,1H3,(H,18,19). The van der Waals surface area contributed by atoms with E-state index in [1.807, 2.05) is 37.3 Å². The van der Waals surface area contributed by atoms with E-state index < -0.39 is 12.1 Å². The van der Waals surface area contributed by atoms with Crippen LogP contribution in [0.3, 0.4) is 0 Å². The van der Waals surface area contributed by atoms with Gasteiger partial charge in [-0.1, -0.05) is 31.5 Å². The molecule has 21 heavy (non-hydrogen) atoms. The van der Waals surface area contributed by atoms with E-state index >= 15 is 0 Å². The van der Waals surface area contributed by atoms with Crippen LogP contribution in [0.15, 0.2) is 54.6 Å². The predicted molar refractivity (Wildman–Crippen MR) is 79.9 cm³/mol. The Morgan fingerprint density at radius 2 is 1.57 bits per heavy atom. The van der Waals surface area contributed by atoms with E-state index in [2.05, 4.69) is 0 Å². The lowest BCUT2D eigenvalue weighted by molar-refractivity contribution is -0.145. The highest BCUT2D eigenvalue weighted by atomic mass is 16.5. The molecular formula is C17H18O4. The summed E-state index contributed by atoms with van der Waals surface area (Å²) in [5, 5.41) is 9.07. The Kier molecular flexibility index (Phi) is 5.21. The van der Waals surface area contributed by atoms with Crippen molar-refractivity contribution in [3.63, 3.8) is 0 Å². The minimum atomic E-state index is -0.943. The van der Waals surface area contributed by atoms with Gasteiger partial charge in [0.15, 0.2) is 6.10 Å². The van der Waals surface area contributed by atoms with E-state index in [0.717, 1.165) is 12.2 Å². The van der Waals surface area contributed by atoms with Gasteiger partial charge in [0.1, 0.15) is 17.2 Å². The molecule has 1 N–H and O–H groups in total. The zero-order valence-corrected chi connectivity index (χ0v) is 11.9. The Labute approximate surface area is 123 Å². The molecule has 0 bridgehead atoms. The first-order valence-corrected chi connectivity index (χ1v) is 6.91. The quantitative estimate of drug-likeness (QED) is 0.832. The fourth-order valence-corrected chi connectivity index (χ4v) is 1.87. The van der Waals surface area contributed by atoms with Gasteiger partial charge in [-0.3, -0.25) is 0 Å². The van der Waals surface area contributed by atoms with Gasteiger partial charge in [-0.05, 0) is 42.8 Å². The third-order valence-electron chi connectivity index (χ3n) is 2.91. The fraction of sp³-hybridized carbons (Fsp3) is 0.235. The second kappa shape index (κ2) is 7.33. The summed E-state index contributed by atoms with van der Waals surface area (Å²) >= 11 is 0. The van der Waals surface area contributed by atoms with Crippen molar-refractivity contribution in [1.29, 1.82) is 0 Å². The van der Waals surface area contributed by atoms with Crippen molar-refractivity contribution in [3.8, 4) is 17.2 Å². The second-order valence-electron chi connectivity index (χ2n) is 4.62. The largest absolute Gasteiger partial charge is 0.479 e. The van der Waals surface area contributed by atoms with Crippen LogP contribution in [0.4, 0.5) is 0 Å². The molecule has 0 spiro atoms. The van der Waals surface area contributed by atoms with Crippen molar-refractivity contribution in [3.05, 3.63) is 54.6 Å².